The van der Waals surface area contributed by atoms with Gasteiger partial charge in [-0.1, -0.05) is 23.8 Å². The highest BCUT2D eigenvalue weighted by Crippen LogP contribution is 2.15. The largest absolute Gasteiger partial charge is 0.437 e. The first-order valence-corrected chi connectivity index (χ1v) is 7.64. The smallest absolute Gasteiger partial charge is 0.337 e. The molecule has 1 fully saturated rings. The van der Waals surface area contributed by atoms with Crippen molar-refractivity contribution in [1.82, 2.24) is 0 Å². The van der Waals surface area contributed by atoms with E-state index >= 15 is 0 Å². The van der Waals surface area contributed by atoms with Crippen molar-refractivity contribution in [2.45, 2.75) is 51.9 Å². The fraction of sp³-hybridized carbons (Fsp3) is 0.529. The zero-order valence-electron chi connectivity index (χ0n) is 13.1. The van der Waals surface area contributed by atoms with Crippen LogP contribution in [0.4, 0.5) is 0 Å². The zero-order chi connectivity index (χ0) is 16.1. The van der Waals surface area contributed by atoms with Crippen LogP contribution in [0.15, 0.2) is 18.2 Å². The van der Waals surface area contributed by atoms with Gasteiger partial charge in [0.1, 0.15) is 0 Å². The molecule has 0 radical (unpaired) electrons. The molecule has 5 nitrogen and oxygen atoms in total. The Hall–Kier alpha value is -1.72. The zero-order valence-corrected chi connectivity index (χ0v) is 13.1. The van der Waals surface area contributed by atoms with E-state index < -0.39 is 18.3 Å². The van der Waals surface area contributed by atoms with Gasteiger partial charge in [-0.15, -0.1) is 0 Å². The number of ketones is 1. The highest BCUT2D eigenvalue weighted by atomic mass is 16.6. The van der Waals surface area contributed by atoms with Crippen molar-refractivity contribution in [3.05, 3.63) is 34.9 Å². The maximum atomic E-state index is 12.1. The average Bonchev–Trinajstić information content (AvgIpc) is 2.50. The number of nitrogens with two attached hydrogens (primary N) is 1. The van der Waals surface area contributed by atoms with E-state index in [1.807, 2.05) is 32.0 Å². The van der Waals surface area contributed by atoms with Crippen LogP contribution in [-0.4, -0.2) is 30.7 Å². The molecular formula is C17H23NO4. The van der Waals surface area contributed by atoms with E-state index in [0.717, 1.165) is 29.5 Å². The first-order chi connectivity index (χ1) is 10.5. The molecule has 2 rings (SSSR count). The lowest BCUT2D eigenvalue weighted by atomic mass is 10.0. The maximum Gasteiger partial charge on any atom is 0.337 e. The SMILES string of the molecule is Cc1ccc(CC(=O)C(N)OC(=O)C2CCCCO2)c(C)c1. The quantitative estimate of drug-likeness (QED) is 0.663. The monoisotopic (exact) mass is 305 g/mol. The fourth-order valence-corrected chi connectivity index (χ4v) is 2.53. The minimum Gasteiger partial charge on any atom is -0.437 e. The molecule has 0 saturated carbocycles. The summed E-state index contributed by atoms with van der Waals surface area (Å²) in [4.78, 5) is 24.0. The van der Waals surface area contributed by atoms with Gasteiger partial charge in [0.05, 0.1) is 0 Å². The third-order valence-corrected chi connectivity index (χ3v) is 3.87. The van der Waals surface area contributed by atoms with Gasteiger partial charge >= 0.3 is 5.97 Å². The van der Waals surface area contributed by atoms with E-state index in [0.29, 0.717) is 13.0 Å². The number of hydrogen-bond donors (Lipinski definition) is 1. The lowest BCUT2D eigenvalue weighted by Crippen LogP contribution is -2.41. The number of rotatable bonds is 5. The Balaban J connectivity index is 1.89. The molecule has 0 aromatic heterocycles. The lowest BCUT2D eigenvalue weighted by molar-refractivity contribution is -0.168. The third kappa shape index (κ3) is 4.39. The molecule has 0 spiro atoms. The van der Waals surface area contributed by atoms with Crippen molar-refractivity contribution in [3.63, 3.8) is 0 Å². The lowest BCUT2D eigenvalue weighted by Gasteiger charge is -2.22. The van der Waals surface area contributed by atoms with E-state index in [1.54, 1.807) is 0 Å². The molecule has 0 aliphatic carbocycles. The van der Waals surface area contributed by atoms with Crippen LogP contribution in [0.1, 0.15) is 36.0 Å². The predicted molar refractivity (Wildman–Crippen MR) is 82.3 cm³/mol. The van der Waals surface area contributed by atoms with Crippen LogP contribution in [0.2, 0.25) is 0 Å². The Morgan fingerprint density at radius 1 is 1.36 bits per heavy atom. The Kier molecular flexibility index (Phi) is 5.69. The Morgan fingerprint density at radius 3 is 2.77 bits per heavy atom. The molecule has 1 aliphatic heterocycles. The number of carbonyl (C=O) groups excluding carboxylic acids is 2. The molecule has 1 saturated heterocycles. The molecule has 1 aromatic carbocycles. The number of aryl methyl sites for hydroxylation is 2. The second-order valence-corrected chi connectivity index (χ2v) is 5.79. The van der Waals surface area contributed by atoms with Crippen LogP contribution in [0.5, 0.6) is 0 Å². The van der Waals surface area contributed by atoms with Crippen molar-refractivity contribution in [1.29, 1.82) is 0 Å². The number of hydrogen-bond acceptors (Lipinski definition) is 5. The molecule has 120 valence electrons. The fourth-order valence-electron chi connectivity index (χ4n) is 2.53. The average molecular weight is 305 g/mol. The summed E-state index contributed by atoms with van der Waals surface area (Å²) in [7, 11) is 0. The van der Waals surface area contributed by atoms with Gasteiger partial charge in [-0.05, 0) is 44.2 Å². The van der Waals surface area contributed by atoms with E-state index in [1.165, 1.54) is 0 Å². The molecule has 0 bridgehead atoms. The van der Waals surface area contributed by atoms with Crippen molar-refractivity contribution in [2.24, 2.45) is 5.73 Å². The van der Waals surface area contributed by atoms with Crippen LogP contribution < -0.4 is 5.73 Å². The number of ether oxygens (including phenoxy) is 2. The standard InChI is InChI=1S/C17H23NO4/c1-11-6-7-13(12(2)9-11)10-14(19)16(18)22-17(20)15-5-3-4-8-21-15/h6-7,9,15-16H,3-5,8,10,18H2,1-2H3. The molecule has 1 heterocycles. The molecular weight excluding hydrogens is 282 g/mol. The van der Waals surface area contributed by atoms with Gasteiger partial charge in [0.15, 0.2) is 11.9 Å². The van der Waals surface area contributed by atoms with Gasteiger partial charge in [0.2, 0.25) is 6.23 Å². The van der Waals surface area contributed by atoms with Gasteiger partial charge in [0, 0.05) is 13.0 Å². The summed E-state index contributed by atoms with van der Waals surface area (Å²) in [5.41, 5.74) is 8.77. The molecule has 1 aliphatic rings. The first-order valence-electron chi connectivity index (χ1n) is 7.64. The minimum atomic E-state index is -1.24. The number of carbonyl (C=O) groups is 2. The van der Waals surface area contributed by atoms with Gasteiger partial charge < -0.3 is 9.47 Å². The number of esters is 1. The van der Waals surface area contributed by atoms with Crippen LogP contribution in [-0.2, 0) is 25.5 Å². The van der Waals surface area contributed by atoms with Crippen molar-refractivity contribution < 1.29 is 19.1 Å². The normalized spacial score (nSPS) is 19.5. The summed E-state index contributed by atoms with van der Waals surface area (Å²) in [5, 5.41) is 0. The van der Waals surface area contributed by atoms with Crippen LogP contribution >= 0.6 is 0 Å². The Bertz CT molecular complexity index is 550. The van der Waals surface area contributed by atoms with Crippen LogP contribution in [0.25, 0.3) is 0 Å². The molecule has 0 amide bonds. The predicted octanol–water partition coefficient (Wildman–Crippen LogP) is 1.81. The Morgan fingerprint density at radius 2 is 2.14 bits per heavy atom. The second kappa shape index (κ2) is 7.51. The van der Waals surface area contributed by atoms with Gasteiger partial charge in [-0.3, -0.25) is 10.5 Å². The first kappa shape index (κ1) is 16.6. The number of Topliss-reactive ketones (excluding diaryl/α,β-unsaturated/α-hetero) is 1. The summed E-state index contributed by atoms with van der Waals surface area (Å²) in [5.74, 6) is -0.850. The summed E-state index contributed by atoms with van der Waals surface area (Å²) >= 11 is 0. The summed E-state index contributed by atoms with van der Waals surface area (Å²) in [6.07, 6.45) is 0.822. The van der Waals surface area contributed by atoms with Crippen LogP contribution in [0.3, 0.4) is 0 Å². The van der Waals surface area contributed by atoms with Gasteiger partial charge in [-0.25, -0.2) is 4.79 Å². The highest BCUT2D eigenvalue weighted by molar-refractivity contribution is 5.87. The van der Waals surface area contributed by atoms with Crippen molar-refractivity contribution in [2.75, 3.05) is 6.61 Å². The molecule has 2 N–H and O–H groups in total. The highest BCUT2D eigenvalue weighted by Gasteiger charge is 2.27. The molecule has 1 aromatic rings. The molecule has 22 heavy (non-hydrogen) atoms. The molecule has 2 unspecified atom stereocenters. The summed E-state index contributed by atoms with van der Waals surface area (Å²) in [6.45, 7) is 4.49. The van der Waals surface area contributed by atoms with Crippen LogP contribution in [0, 0.1) is 13.8 Å². The van der Waals surface area contributed by atoms with E-state index in [9.17, 15) is 9.59 Å². The van der Waals surface area contributed by atoms with Gasteiger partial charge in [0.25, 0.3) is 0 Å². The van der Waals surface area contributed by atoms with E-state index in [2.05, 4.69) is 0 Å². The Labute approximate surface area is 130 Å². The van der Waals surface area contributed by atoms with Crippen molar-refractivity contribution >= 4 is 11.8 Å². The molecule has 5 heteroatoms. The maximum absolute atomic E-state index is 12.1. The van der Waals surface area contributed by atoms with E-state index in [-0.39, 0.29) is 12.2 Å². The van der Waals surface area contributed by atoms with Crippen molar-refractivity contribution in [3.8, 4) is 0 Å². The topological polar surface area (TPSA) is 78.6 Å². The number of benzene rings is 1. The second-order valence-electron chi connectivity index (χ2n) is 5.79. The molecule has 2 atom stereocenters. The third-order valence-electron chi connectivity index (χ3n) is 3.87. The van der Waals surface area contributed by atoms with E-state index in [4.69, 9.17) is 15.2 Å². The summed E-state index contributed by atoms with van der Waals surface area (Å²) < 4.78 is 10.4. The van der Waals surface area contributed by atoms with Gasteiger partial charge in [-0.2, -0.15) is 0 Å². The summed E-state index contributed by atoms with van der Waals surface area (Å²) in [6, 6.07) is 5.86. The minimum absolute atomic E-state index is 0.159.